The van der Waals surface area contributed by atoms with Crippen molar-refractivity contribution >= 4 is 10.8 Å². The zero-order valence-electron chi connectivity index (χ0n) is 12.5. The smallest absolute Gasteiger partial charge is 0.0205 e. The molecule has 21 heavy (non-hydrogen) atoms. The third-order valence-electron chi connectivity index (χ3n) is 3.81. The summed E-state index contributed by atoms with van der Waals surface area (Å²) in [5.74, 6) is 0. The molecule has 0 aromatic heterocycles. The molecule has 3 aromatic carbocycles. The Morgan fingerprint density at radius 3 is 2.38 bits per heavy atom. The maximum Gasteiger partial charge on any atom is 0.0205 e. The summed E-state index contributed by atoms with van der Waals surface area (Å²) in [5.41, 5.74) is 3.93. The minimum absolute atomic E-state index is 0.948. The van der Waals surface area contributed by atoms with E-state index < -0.39 is 0 Å². The molecule has 1 heteroatoms. The maximum atomic E-state index is 3.44. The Hall–Kier alpha value is -2.12. The summed E-state index contributed by atoms with van der Waals surface area (Å²) >= 11 is 0. The van der Waals surface area contributed by atoms with E-state index in [0.29, 0.717) is 0 Å². The van der Waals surface area contributed by atoms with Crippen LogP contribution in [0.4, 0.5) is 0 Å². The van der Waals surface area contributed by atoms with Gasteiger partial charge in [-0.25, -0.2) is 0 Å². The maximum absolute atomic E-state index is 3.44. The minimum Gasteiger partial charge on any atom is -0.313 e. The second kappa shape index (κ2) is 6.55. The monoisotopic (exact) mass is 275 g/mol. The molecule has 0 heterocycles. The molecule has 0 amide bonds. The summed E-state index contributed by atoms with van der Waals surface area (Å²) in [7, 11) is 0. The fourth-order valence-electron chi connectivity index (χ4n) is 2.69. The summed E-state index contributed by atoms with van der Waals surface area (Å²) in [5, 5.41) is 6.05. The van der Waals surface area contributed by atoms with Crippen LogP contribution in [-0.4, -0.2) is 6.54 Å². The fraction of sp³-hybridized carbons (Fsp3) is 0.200. The summed E-state index contributed by atoms with van der Waals surface area (Å²) in [4.78, 5) is 0. The Morgan fingerprint density at radius 1 is 0.810 bits per heavy atom. The van der Waals surface area contributed by atoms with Crippen LogP contribution >= 0.6 is 0 Å². The van der Waals surface area contributed by atoms with Crippen molar-refractivity contribution in [3.05, 3.63) is 72.3 Å². The van der Waals surface area contributed by atoms with Crippen molar-refractivity contribution in [1.82, 2.24) is 5.32 Å². The Labute approximate surface area is 126 Å². The van der Waals surface area contributed by atoms with Crippen molar-refractivity contribution in [2.45, 2.75) is 19.9 Å². The number of hydrogen-bond donors (Lipinski definition) is 1. The lowest BCUT2D eigenvalue weighted by atomic mass is 9.97. The quantitative estimate of drug-likeness (QED) is 0.646. The van der Waals surface area contributed by atoms with E-state index in [0.717, 1.165) is 13.1 Å². The van der Waals surface area contributed by atoms with Crippen molar-refractivity contribution in [3.8, 4) is 11.1 Å². The summed E-state index contributed by atoms with van der Waals surface area (Å²) in [6, 6.07) is 24.0. The van der Waals surface area contributed by atoms with Crippen LogP contribution < -0.4 is 5.32 Å². The van der Waals surface area contributed by atoms with Gasteiger partial charge in [-0.05, 0) is 40.4 Å². The van der Waals surface area contributed by atoms with Crippen molar-refractivity contribution < 1.29 is 0 Å². The first-order valence-corrected chi connectivity index (χ1v) is 7.66. The highest BCUT2D eigenvalue weighted by atomic mass is 14.8. The molecule has 106 valence electrons. The number of fused-ring (bicyclic) bond motifs is 1. The molecule has 0 saturated carbocycles. The van der Waals surface area contributed by atoms with E-state index in [-0.39, 0.29) is 0 Å². The van der Waals surface area contributed by atoms with Crippen LogP contribution in [0.2, 0.25) is 0 Å². The first-order valence-electron chi connectivity index (χ1n) is 7.66. The van der Waals surface area contributed by atoms with Gasteiger partial charge >= 0.3 is 0 Å². The first kappa shape index (κ1) is 13.8. The number of benzene rings is 3. The van der Waals surface area contributed by atoms with Crippen molar-refractivity contribution in [3.63, 3.8) is 0 Å². The van der Waals surface area contributed by atoms with E-state index in [2.05, 4.69) is 79.0 Å². The van der Waals surface area contributed by atoms with Gasteiger partial charge in [0.15, 0.2) is 0 Å². The molecule has 0 aliphatic heterocycles. The SMILES string of the molecule is CCCNCc1ccc(-c2cccc3ccccc23)cc1. The van der Waals surface area contributed by atoms with E-state index in [1.165, 1.54) is 33.9 Å². The Kier molecular flexibility index (Phi) is 4.32. The molecular weight excluding hydrogens is 254 g/mol. The molecule has 0 unspecified atom stereocenters. The van der Waals surface area contributed by atoms with E-state index >= 15 is 0 Å². The Morgan fingerprint density at radius 2 is 1.57 bits per heavy atom. The molecule has 0 spiro atoms. The predicted molar refractivity (Wildman–Crippen MR) is 91.4 cm³/mol. The molecule has 0 saturated heterocycles. The molecule has 0 radical (unpaired) electrons. The van der Waals surface area contributed by atoms with Gasteiger partial charge in [0.05, 0.1) is 0 Å². The van der Waals surface area contributed by atoms with Crippen molar-refractivity contribution in [2.24, 2.45) is 0 Å². The van der Waals surface area contributed by atoms with Crippen molar-refractivity contribution in [2.75, 3.05) is 6.54 Å². The molecule has 0 aliphatic carbocycles. The van der Waals surface area contributed by atoms with Gasteiger partial charge in [0, 0.05) is 6.54 Å². The topological polar surface area (TPSA) is 12.0 Å². The van der Waals surface area contributed by atoms with Gasteiger partial charge in [-0.3, -0.25) is 0 Å². The third-order valence-corrected chi connectivity index (χ3v) is 3.81. The lowest BCUT2D eigenvalue weighted by Gasteiger charge is -2.08. The van der Waals surface area contributed by atoms with Crippen LogP contribution in [0, 0.1) is 0 Å². The van der Waals surface area contributed by atoms with Crippen LogP contribution in [0.1, 0.15) is 18.9 Å². The van der Waals surface area contributed by atoms with Gasteiger partial charge in [0.25, 0.3) is 0 Å². The van der Waals surface area contributed by atoms with Gasteiger partial charge < -0.3 is 5.32 Å². The van der Waals surface area contributed by atoms with Gasteiger partial charge in [-0.1, -0.05) is 73.7 Å². The lowest BCUT2D eigenvalue weighted by Crippen LogP contribution is -2.13. The lowest BCUT2D eigenvalue weighted by molar-refractivity contribution is 0.675. The summed E-state index contributed by atoms with van der Waals surface area (Å²) < 4.78 is 0. The van der Waals surface area contributed by atoms with Gasteiger partial charge in [-0.2, -0.15) is 0 Å². The number of rotatable bonds is 5. The molecule has 1 N–H and O–H groups in total. The molecular formula is C20H21N. The normalized spacial score (nSPS) is 10.9. The third kappa shape index (κ3) is 3.14. The predicted octanol–water partition coefficient (Wildman–Crippen LogP) is 5.01. The van der Waals surface area contributed by atoms with Gasteiger partial charge in [-0.15, -0.1) is 0 Å². The summed E-state index contributed by atoms with van der Waals surface area (Å²) in [6.07, 6.45) is 1.17. The van der Waals surface area contributed by atoms with Gasteiger partial charge in [0.2, 0.25) is 0 Å². The zero-order chi connectivity index (χ0) is 14.5. The van der Waals surface area contributed by atoms with Crippen LogP contribution in [0.3, 0.4) is 0 Å². The fourth-order valence-corrected chi connectivity index (χ4v) is 2.69. The second-order valence-electron chi connectivity index (χ2n) is 5.40. The molecule has 1 nitrogen and oxygen atoms in total. The highest BCUT2D eigenvalue weighted by molar-refractivity contribution is 5.96. The first-order chi connectivity index (χ1) is 10.4. The van der Waals surface area contributed by atoms with Gasteiger partial charge in [0.1, 0.15) is 0 Å². The zero-order valence-corrected chi connectivity index (χ0v) is 12.5. The number of hydrogen-bond acceptors (Lipinski definition) is 1. The largest absolute Gasteiger partial charge is 0.313 e. The Balaban J connectivity index is 1.89. The average Bonchev–Trinajstić information content (AvgIpc) is 2.55. The van der Waals surface area contributed by atoms with Crippen LogP contribution in [0.25, 0.3) is 21.9 Å². The van der Waals surface area contributed by atoms with Crippen LogP contribution in [0.5, 0.6) is 0 Å². The van der Waals surface area contributed by atoms with E-state index in [9.17, 15) is 0 Å². The second-order valence-corrected chi connectivity index (χ2v) is 5.40. The summed E-state index contributed by atoms with van der Waals surface area (Å²) in [6.45, 7) is 4.21. The van der Waals surface area contributed by atoms with Crippen molar-refractivity contribution in [1.29, 1.82) is 0 Å². The van der Waals surface area contributed by atoms with Crippen LogP contribution in [-0.2, 0) is 6.54 Å². The molecule has 0 bridgehead atoms. The molecule has 0 atom stereocenters. The van der Waals surface area contributed by atoms with E-state index in [1.807, 2.05) is 0 Å². The molecule has 3 aromatic rings. The molecule has 3 rings (SSSR count). The van der Waals surface area contributed by atoms with Crippen LogP contribution in [0.15, 0.2) is 66.7 Å². The molecule has 0 aliphatic rings. The highest BCUT2D eigenvalue weighted by Crippen LogP contribution is 2.28. The average molecular weight is 275 g/mol. The molecule has 0 fully saturated rings. The highest BCUT2D eigenvalue weighted by Gasteiger charge is 2.03. The van der Waals surface area contributed by atoms with E-state index in [4.69, 9.17) is 0 Å². The van der Waals surface area contributed by atoms with E-state index in [1.54, 1.807) is 0 Å². The standard InChI is InChI=1S/C20H21N/c1-2-14-21-15-16-10-12-18(13-11-16)20-9-5-7-17-6-3-4-8-19(17)20/h3-13,21H,2,14-15H2,1H3. The Bertz CT molecular complexity index is 708. The number of nitrogens with one attached hydrogen (secondary N) is 1. The minimum atomic E-state index is 0.948.